The lowest BCUT2D eigenvalue weighted by Gasteiger charge is -2.26. The van der Waals surface area contributed by atoms with Crippen LogP contribution in [0, 0.1) is 0 Å². The zero-order valence-corrected chi connectivity index (χ0v) is 15.6. The van der Waals surface area contributed by atoms with E-state index in [1.807, 2.05) is 42.7 Å². The predicted molar refractivity (Wildman–Crippen MR) is 102 cm³/mol. The number of aromatic nitrogens is 2. The first-order chi connectivity index (χ1) is 12.1. The fourth-order valence-corrected chi connectivity index (χ4v) is 4.40. The summed E-state index contributed by atoms with van der Waals surface area (Å²) >= 11 is 1.38. The minimum Gasteiger partial charge on any atom is -0.355 e. The minimum absolute atomic E-state index is 0.0168. The summed E-state index contributed by atoms with van der Waals surface area (Å²) in [6, 6.07) is 7.65. The molecule has 1 aliphatic carbocycles. The van der Waals surface area contributed by atoms with Gasteiger partial charge < -0.3 is 5.32 Å². The molecular formula is C19H25N3O2S. The van der Waals surface area contributed by atoms with Crippen molar-refractivity contribution in [2.75, 3.05) is 6.54 Å². The molecule has 134 valence electrons. The largest absolute Gasteiger partial charge is 0.355 e. The molecule has 1 fully saturated rings. The molecule has 1 aromatic carbocycles. The molecule has 1 aliphatic rings. The van der Waals surface area contributed by atoms with Crippen LogP contribution in [-0.4, -0.2) is 27.3 Å². The van der Waals surface area contributed by atoms with Crippen LogP contribution in [0.25, 0.3) is 10.9 Å². The van der Waals surface area contributed by atoms with E-state index in [0.717, 1.165) is 25.7 Å². The van der Waals surface area contributed by atoms with Gasteiger partial charge in [0, 0.05) is 12.6 Å². The SMILES string of the molecule is CCNC(=O)[C@@H](C)Sc1nc2ccccc2c(=O)n1C1CCCCC1. The maximum Gasteiger partial charge on any atom is 0.262 e. The number of fused-ring (bicyclic) bond motifs is 1. The van der Waals surface area contributed by atoms with E-state index in [9.17, 15) is 9.59 Å². The third kappa shape index (κ3) is 3.89. The highest BCUT2D eigenvalue weighted by atomic mass is 32.2. The van der Waals surface area contributed by atoms with Gasteiger partial charge in [-0.25, -0.2) is 4.98 Å². The highest BCUT2D eigenvalue weighted by molar-refractivity contribution is 8.00. The van der Waals surface area contributed by atoms with Crippen LogP contribution in [0.3, 0.4) is 0 Å². The average molecular weight is 359 g/mol. The number of benzene rings is 1. The van der Waals surface area contributed by atoms with Crippen LogP contribution in [0.5, 0.6) is 0 Å². The summed E-state index contributed by atoms with van der Waals surface area (Å²) in [5.74, 6) is -0.0231. The number of carbonyl (C=O) groups excluding carboxylic acids is 1. The number of nitrogens with zero attached hydrogens (tertiary/aromatic N) is 2. The molecule has 2 aromatic rings. The van der Waals surface area contributed by atoms with Crippen molar-refractivity contribution in [1.29, 1.82) is 0 Å². The summed E-state index contributed by atoms with van der Waals surface area (Å²) in [5.41, 5.74) is 0.716. The lowest BCUT2D eigenvalue weighted by atomic mass is 9.95. The van der Waals surface area contributed by atoms with E-state index in [0.29, 0.717) is 22.6 Å². The van der Waals surface area contributed by atoms with Gasteiger partial charge in [-0.15, -0.1) is 0 Å². The number of rotatable bonds is 5. The standard InChI is InChI=1S/C19H25N3O2S/c1-3-20-17(23)13(2)25-19-21-16-12-8-7-11-15(16)18(24)22(19)14-9-5-4-6-10-14/h7-8,11-14H,3-6,9-10H2,1-2H3,(H,20,23)/t13-/m1/s1. The lowest BCUT2D eigenvalue weighted by Crippen LogP contribution is -2.33. The number of hydrogen-bond donors (Lipinski definition) is 1. The molecule has 0 bridgehead atoms. The summed E-state index contributed by atoms with van der Waals surface area (Å²) in [7, 11) is 0. The minimum atomic E-state index is -0.289. The highest BCUT2D eigenvalue weighted by Gasteiger charge is 2.24. The molecule has 3 rings (SSSR count). The Balaban J connectivity index is 2.05. The Morgan fingerprint density at radius 2 is 2.04 bits per heavy atom. The van der Waals surface area contributed by atoms with Gasteiger partial charge in [0.05, 0.1) is 16.2 Å². The predicted octanol–water partition coefficient (Wildman–Crippen LogP) is 3.52. The van der Waals surface area contributed by atoms with Crippen LogP contribution in [0.2, 0.25) is 0 Å². The van der Waals surface area contributed by atoms with Gasteiger partial charge in [0.15, 0.2) is 5.16 Å². The lowest BCUT2D eigenvalue weighted by molar-refractivity contribution is -0.120. The van der Waals surface area contributed by atoms with Gasteiger partial charge in [0.1, 0.15) is 0 Å². The van der Waals surface area contributed by atoms with Crippen LogP contribution in [-0.2, 0) is 4.79 Å². The average Bonchev–Trinajstić information content (AvgIpc) is 2.63. The summed E-state index contributed by atoms with van der Waals surface area (Å²) in [6.07, 6.45) is 5.51. The number of amides is 1. The van der Waals surface area contributed by atoms with Gasteiger partial charge >= 0.3 is 0 Å². The van der Waals surface area contributed by atoms with Gasteiger partial charge in [-0.1, -0.05) is 43.2 Å². The van der Waals surface area contributed by atoms with E-state index in [1.165, 1.54) is 18.2 Å². The van der Waals surface area contributed by atoms with Crippen molar-refractivity contribution in [3.63, 3.8) is 0 Å². The molecule has 1 N–H and O–H groups in total. The van der Waals surface area contributed by atoms with Crippen molar-refractivity contribution >= 4 is 28.6 Å². The van der Waals surface area contributed by atoms with E-state index in [1.54, 1.807) is 0 Å². The second-order valence-electron chi connectivity index (χ2n) is 6.53. The fraction of sp³-hybridized carbons (Fsp3) is 0.526. The maximum atomic E-state index is 13.1. The Hall–Kier alpha value is -1.82. The number of para-hydroxylation sites is 1. The smallest absolute Gasteiger partial charge is 0.262 e. The van der Waals surface area contributed by atoms with E-state index in [4.69, 9.17) is 4.98 Å². The normalized spacial score (nSPS) is 16.7. The van der Waals surface area contributed by atoms with Crippen molar-refractivity contribution in [2.24, 2.45) is 0 Å². The van der Waals surface area contributed by atoms with Crippen LogP contribution in [0.1, 0.15) is 52.0 Å². The molecule has 5 nitrogen and oxygen atoms in total. The second kappa shape index (κ2) is 8.04. The van der Waals surface area contributed by atoms with E-state index in [2.05, 4.69) is 5.32 Å². The number of nitrogens with one attached hydrogen (secondary N) is 1. The summed E-state index contributed by atoms with van der Waals surface area (Å²) in [4.78, 5) is 30.0. The van der Waals surface area contributed by atoms with Crippen molar-refractivity contribution in [3.8, 4) is 0 Å². The number of thioether (sulfide) groups is 1. The van der Waals surface area contributed by atoms with E-state index < -0.39 is 0 Å². The van der Waals surface area contributed by atoms with Gasteiger partial charge in [0.25, 0.3) is 5.56 Å². The van der Waals surface area contributed by atoms with Gasteiger partial charge in [-0.2, -0.15) is 0 Å². The van der Waals surface area contributed by atoms with Crippen LogP contribution in [0.15, 0.2) is 34.2 Å². The van der Waals surface area contributed by atoms with Crippen molar-refractivity contribution < 1.29 is 4.79 Å². The Kier molecular flexibility index (Phi) is 5.78. The topological polar surface area (TPSA) is 64.0 Å². The molecule has 0 aliphatic heterocycles. The highest BCUT2D eigenvalue weighted by Crippen LogP contribution is 2.32. The van der Waals surface area contributed by atoms with Crippen molar-refractivity contribution in [3.05, 3.63) is 34.6 Å². The second-order valence-corrected chi connectivity index (χ2v) is 7.84. The van der Waals surface area contributed by atoms with Crippen LogP contribution >= 0.6 is 11.8 Å². The zero-order chi connectivity index (χ0) is 17.8. The van der Waals surface area contributed by atoms with Crippen LogP contribution in [0.4, 0.5) is 0 Å². The summed E-state index contributed by atoms with van der Waals surface area (Å²) in [6.45, 7) is 4.37. The van der Waals surface area contributed by atoms with E-state index in [-0.39, 0.29) is 22.8 Å². The third-order valence-corrected chi connectivity index (χ3v) is 5.78. The Labute approximate surface area is 152 Å². The Morgan fingerprint density at radius 3 is 2.76 bits per heavy atom. The quantitative estimate of drug-likeness (QED) is 0.655. The molecule has 1 heterocycles. The maximum absolute atomic E-state index is 13.1. The fourth-order valence-electron chi connectivity index (χ4n) is 3.40. The molecule has 1 aromatic heterocycles. The molecule has 0 unspecified atom stereocenters. The molecule has 0 spiro atoms. The first-order valence-electron chi connectivity index (χ1n) is 9.07. The van der Waals surface area contributed by atoms with Crippen LogP contribution < -0.4 is 10.9 Å². The molecule has 1 atom stereocenters. The molecule has 1 amide bonds. The first-order valence-corrected chi connectivity index (χ1v) is 9.95. The molecule has 0 saturated heterocycles. The van der Waals surface area contributed by atoms with Gasteiger partial charge in [-0.3, -0.25) is 14.2 Å². The molecule has 0 radical (unpaired) electrons. The molecule has 25 heavy (non-hydrogen) atoms. The summed E-state index contributed by atoms with van der Waals surface area (Å²) < 4.78 is 1.85. The Bertz CT molecular complexity index is 812. The number of carbonyl (C=O) groups is 1. The van der Waals surface area contributed by atoms with Crippen molar-refractivity contribution in [2.45, 2.75) is 62.4 Å². The first kappa shape index (κ1) is 18.0. The molecule has 6 heteroatoms. The molecule has 1 saturated carbocycles. The Morgan fingerprint density at radius 1 is 1.32 bits per heavy atom. The molecular weight excluding hydrogens is 334 g/mol. The number of hydrogen-bond acceptors (Lipinski definition) is 4. The van der Waals surface area contributed by atoms with Crippen molar-refractivity contribution in [1.82, 2.24) is 14.9 Å². The third-order valence-electron chi connectivity index (χ3n) is 4.72. The monoisotopic (exact) mass is 359 g/mol. The zero-order valence-electron chi connectivity index (χ0n) is 14.8. The summed E-state index contributed by atoms with van der Waals surface area (Å²) in [5, 5.41) is 3.87. The van der Waals surface area contributed by atoms with Gasteiger partial charge in [-0.05, 0) is 38.8 Å². The van der Waals surface area contributed by atoms with Gasteiger partial charge in [0.2, 0.25) is 5.91 Å². The van der Waals surface area contributed by atoms with E-state index >= 15 is 0 Å².